The molecule has 3 rings (SSSR count). The molecule has 8 nitrogen and oxygen atoms in total. The highest BCUT2D eigenvalue weighted by Crippen LogP contribution is 2.31. The van der Waals surface area contributed by atoms with Gasteiger partial charge in [0.15, 0.2) is 5.92 Å². The number of aldehydes is 1. The summed E-state index contributed by atoms with van der Waals surface area (Å²) in [5.74, 6) is -4.02. The molecule has 0 radical (unpaired) electrons. The van der Waals surface area contributed by atoms with Crippen molar-refractivity contribution in [1.82, 2.24) is 0 Å². The molecule has 0 bridgehead atoms. The van der Waals surface area contributed by atoms with Crippen molar-refractivity contribution in [1.29, 1.82) is 0 Å². The van der Waals surface area contributed by atoms with Gasteiger partial charge < -0.3 is 14.3 Å². The van der Waals surface area contributed by atoms with Crippen LogP contribution in [0.4, 0.5) is 5.69 Å². The Bertz CT molecular complexity index is 1060. The molecule has 34 heavy (non-hydrogen) atoms. The average molecular weight is 461 g/mol. The van der Waals surface area contributed by atoms with Crippen molar-refractivity contribution >= 4 is 23.9 Å². The number of carbonyl (C=O) groups is 3. The monoisotopic (exact) mass is 461 g/mol. The maximum absolute atomic E-state index is 13.1. The van der Waals surface area contributed by atoms with Gasteiger partial charge in [-0.25, -0.2) is 0 Å². The number of ether oxygens (including phenoxy) is 2. The highest BCUT2D eigenvalue weighted by Gasteiger charge is 2.38. The van der Waals surface area contributed by atoms with E-state index >= 15 is 0 Å². The van der Waals surface area contributed by atoms with Crippen LogP contribution < -0.4 is 0 Å². The zero-order valence-corrected chi connectivity index (χ0v) is 18.2. The number of nitro benzene ring substituents is 1. The van der Waals surface area contributed by atoms with E-state index in [0.717, 1.165) is 11.1 Å². The second-order valence-electron chi connectivity index (χ2n) is 7.52. The first-order valence-corrected chi connectivity index (χ1v) is 10.6. The van der Waals surface area contributed by atoms with E-state index in [1.165, 1.54) is 24.3 Å². The van der Waals surface area contributed by atoms with Crippen molar-refractivity contribution in [3.05, 3.63) is 112 Å². The van der Waals surface area contributed by atoms with Gasteiger partial charge in [-0.3, -0.25) is 19.7 Å². The van der Waals surface area contributed by atoms with Crippen LogP contribution in [0.3, 0.4) is 0 Å². The van der Waals surface area contributed by atoms with Crippen LogP contribution in [0.1, 0.15) is 29.0 Å². The third-order valence-electron chi connectivity index (χ3n) is 5.24. The zero-order chi connectivity index (χ0) is 24.3. The number of hydrogen-bond donors (Lipinski definition) is 0. The molecular formula is C26H23NO7. The van der Waals surface area contributed by atoms with Crippen LogP contribution in [-0.2, 0) is 37.1 Å². The van der Waals surface area contributed by atoms with E-state index in [9.17, 15) is 24.5 Å². The zero-order valence-electron chi connectivity index (χ0n) is 18.2. The second kappa shape index (κ2) is 12.1. The van der Waals surface area contributed by atoms with Gasteiger partial charge in [-0.05, 0) is 16.7 Å². The largest absolute Gasteiger partial charge is 0.460 e. The maximum atomic E-state index is 13.1. The van der Waals surface area contributed by atoms with Gasteiger partial charge in [0.2, 0.25) is 0 Å². The molecule has 0 fully saturated rings. The fourth-order valence-electron chi connectivity index (χ4n) is 3.47. The number of nitro groups is 1. The summed E-state index contributed by atoms with van der Waals surface area (Å²) >= 11 is 0. The quantitative estimate of drug-likeness (QED) is 0.137. The van der Waals surface area contributed by atoms with Crippen LogP contribution in [0.25, 0.3) is 0 Å². The molecule has 0 N–H and O–H groups in total. The molecule has 8 heteroatoms. The van der Waals surface area contributed by atoms with Crippen LogP contribution in [0.5, 0.6) is 0 Å². The number of rotatable bonds is 11. The van der Waals surface area contributed by atoms with Crippen LogP contribution in [0.15, 0.2) is 84.9 Å². The minimum Gasteiger partial charge on any atom is -0.460 e. The summed E-state index contributed by atoms with van der Waals surface area (Å²) in [6.45, 7) is -0.119. The van der Waals surface area contributed by atoms with Gasteiger partial charge in [0.25, 0.3) is 5.69 Å². The fraction of sp³-hybridized carbons (Fsp3) is 0.192. The predicted molar refractivity (Wildman–Crippen MR) is 122 cm³/mol. The van der Waals surface area contributed by atoms with Crippen LogP contribution in [-0.4, -0.2) is 23.1 Å². The Labute approximate surface area is 196 Å². The number of non-ortho nitro benzene ring substituents is 1. The number of esters is 2. The topological polar surface area (TPSA) is 113 Å². The first-order valence-electron chi connectivity index (χ1n) is 10.6. The minimum atomic E-state index is -1.43. The lowest BCUT2D eigenvalue weighted by molar-refractivity contribution is -0.384. The Morgan fingerprint density at radius 2 is 1.26 bits per heavy atom. The summed E-state index contributed by atoms with van der Waals surface area (Å²) in [5.41, 5.74) is 1.73. The van der Waals surface area contributed by atoms with E-state index < -0.39 is 28.7 Å². The Kier molecular flexibility index (Phi) is 8.62. The van der Waals surface area contributed by atoms with Gasteiger partial charge in [0.05, 0.1) is 4.92 Å². The van der Waals surface area contributed by atoms with Crippen molar-refractivity contribution < 1.29 is 28.8 Å². The molecule has 0 saturated carbocycles. The van der Waals surface area contributed by atoms with Crippen molar-refractivity contribution in [2.45, 2.75) is 25.6 Å². The van der Waals surface area contributed by atoms with Gasteiger partial charge in [-0.15, -0.1) is 0 Å². The summed E-state index contributed by atoms with van der Waals surface area (Å²) in [6.07, 6.45) is 0.414. The summed E-state index contributed by atoms with van der Waals surface area (Å²) in [5, 5.41) is 11.0. The molecule has 0 aliphatic rings. The van der Waals surface area contributed by atoms with E-state index in [2.05, 4.69) is 0 Å². The molecule has 3 aromatic rings. The predicted octanol–water partition coefficient (Wildman–Crippen LogP) is 4.37. The number of benzene rings is 3. The summed E-state index contributed by atoms with van der Waals surface area (Å²) in [4.78, 5) is 48.1. The molecule has 1 atom stereocenters. The highest BCUT2D eigenvalue weighted by atomic mass is 16.6. The molecule has 0 aromatic heterocycles. The smallest absolute Gasteiger partial charge is 0.321 e. The Balaban J connectivity index is 1.86. The average Bonchev–Trinajstić information content (AvgIpc) is 2.87. The first-order chi connectivity index (χ1) is 16.5. The minimum absolute atomic E-state index is 0.0593. The maximum Gasteiger partial charge on any atom is 0.321 e. The molecule has 0 spiro atoms. The van der Waals surface area contributed by atoms with Gasteiger partial charge in [0.1, 0.15) is 19.5 Å². The highest BCUT2D eigenvalue weighted by molar-refractivity contribution is 5.96. The Morgan fingerprint density at radius 1 is 0.794 bits per heavy atom. The van der Waals surface area contributed by atoms with Crippen molar-refractivity contribution in [2.24, 2.45) is 5.92 Å². The number of hydrogen-bond acceptors (Lipinski definition) is 7. The lowest BCUT2D eigenvalue weighted by atomic mass is 9.83. The van der Waals surface area contributed by atoms with Crippen LogP contribution >= 0.6 is 0 Å². The molecule has 0 aliphatic carbocycles. The van der Waals surface area contributed by atoms with Crippen molar-refractivity contribution in [3.63, 3.8) is 0 Å². The number of nitrogens with zero attached hydrogens (tertiary/aromatic N) is 1. The molecular weight excluding hydrogens is 438 g/mol. The van der Waals surface area contributed by atoms with Gasteiger partial charge in [-0.1, -0.05) is 72.8 Å². The molecule has 0 unspecified atom stereocenters. The third kappa shape index (κ3) is 6.59. The Hall–Kier alpha value is -4.33. The summed E-state index contributed by atoms with van der Waals surface area (Å²) in [7, 11) is 0. The van der Waals surface area contributed by atoms with Gasteiger partial charge in [0, 0.05) is 24.5 Å². The van der Waals surface area contributed by atoms with E-state index in [-0.39, 0.29) is 25.3 Å². The van der Waals surface area contributed by atoms with Crippen LogP contribution in [0, 0.1) is 16.0 Å². The third-order valence-corrected chi connectivity index (χ3v) is 5.24. The van der Waals surface area contributed by atoms with E-state index in [1.807, 2.05) is 12.1 Å². The second-order valence-corrected chi connectivity index (χ2v) is 7.52. The SMILES string of the molecule is O=CC[C@@H](c1ccc([N+](=O)[O-])cc1)C(C(=O)OCc1ccccc1)C(=O)OCc1ccccc1. The molecule has 0 aliphatic heterocycles. The lowest BCUT2D eigenvalue weighted by Crippen LogP contribution is -2.33. The van der Waals surface area contributed by atoms with Gasteiger partial charge >= 0.3 is 11.9 Å². The number of carbonyl (C=O) groups excluding carboxylic acids is 3. The first kappa shape index (κ1) is 24.3. The van der Waals surface area contributed by atoms with E-state index in [4.69, 9.17) is 9.47 Å². The van der Waals surface area contributed by atoms with Crippen LogP contribution in [0.2, 0.25) is 0 Å². The van der Waals surface area contributed by atoms with E-state index in [0.29, 0.717) is 11.8 Å². The van der Waals surface area contributed by atoms with Crippen molar-refractivity contribution in [3.8, 4) is 0 Å². The summed E-state index contributed by atoms with van der Waals surface area (Å²) in [6, 6.07) is 23.3. The molecule has 0 amide bonds. The van der Waals surface area contributed by atoms with Gasteiger partial charge in [-0.2, -0.15) is 0 Å². The van der Waals surface area contributed by atoms with E-state index in [1.54, 1.807) is 48.5 Å². The standard InChI is InChI=1S/C26H23NO7/c28-16-15-23(21-11-13-22(14-12-21)27(31)32)24(25(29)33-17-19-7-3-1-4-8-19)26(30)34-18-20-9-5-2-6-10-20/h1-14,16,23-24H,15,17-18H2/t23-/m0/s1. The van der Waals surface area contributed by atoms with Crippen molar-refractivity contribution in [2.75, 3.05) is 0 Å². The molecule has 174 valence electrons. The molecule has 0 saturated heterocycles. The molecule has 0 heterocycles. The normalized spacial score (nSPS) is 11.4. The fourth-order valence-corrected chi connectivity index (χ4v) is 3.47. The lowest BCUT2D eigenvalue weighted by Gasteiger charge is -2.23. The molecule has 3 aromatic carbocycles. The Morgan fingerprint density at radius 3 is 1.68 bits per heavy atom. The summed E-state index contributed by atoms with van der Waals surface area (Å²) < 4.78 is 10.8.